The van der Waals surface area contributed by atoms with Crippen LogP contribution in [0.1, 0.15) is 66.9 Å². The number of ether oxygens (including phenoxy) is 3. The molecule has 7 nitrogen and oxygen atoms in total. The summed E-state index contributed by atoms with van der Waals surface area (Å²) in [6.45, 7) is 2.86. The molecular formula is C34H37ClF2N2O5. The zero-order valence-corrected chi connectivity index (χ0v) is 25.4. The molecule has 1 amide bonds. The molecule has 1 saturated carbocycles. The molecule has 0 bridgehead atoms. The predicted octanol–water partition coefficient (Wildman–Crippen LogP) is 6.06. The quantitative estimate of drug-likeness (QED) is 0.250. The van der Waals surface area contributed by atoms with Gasteiger partial charge in [0.2, 0.25) is 0 Å². The standard InChI is InChI=1S/C34H37ClF2N2O5/c1-33(41)14-12-21(13-15-33)39-19-34(20-7-3-2-4-8-20)17-24-23(10-5-11-25(24)44-34)26-27(32(38)40)29(36)28(35)31(30(26)37)43-18-22-9-6-16-42-22/h2-5,7-8,10-11,21-22,39,41H,6,9,12-19H2,1H3,(H2,38,40)/t21?,22-,33?,34?/m0/s1. The van der Waals surface area contributed by atoms with Crippen LogP contribution < -0.4 is 20.5 Å². The number of carbonyl (C=O) groups is 1. The molecule has 0 spiro atoms. The minimum atomic E-state index is -1.15. The van der Waals surface area contributed by atoms with E-state index in [1.165, 1.54) is 0 Å². The van der Waals surface area contributed by atoms with Crippen molar-refractivity contribution in [2.24, 2.45) is 5.73 Å². The molecule has 2 atom stereocenters. The number of hydrogen-bond donors (Lipinski definition) is 3. The highest BCUT2D eigenvalue weighted by molar-refractivity contribution is 6.33. The van der Waals surface area contributed by atoms with Gasteiger partial charge in [0.15, 0.2) is 23.0 Å². The Bertz CT molecular complexity index is 1540. The first kappa shape index (κ1) is 30.8. The van der Waals surface area contributed by atoms with Crippen molar-refractivity contribution in [3.63, 3.8) is 0 Å². The Labute approximate surface area is 260 Å². The van der Waals surface area contributed by atoms with Gasteiger partial charge in [-0.3, -0.25) is 4.79 Å². The van der Waals surface area contributed by atoms with Gasteiger partial charge >= 0.3 is 0 Å². The van der Waals surface area contributed by atoms with Gasteiger partial charge in [0, 0.05) is 36.7 Å². The lowest BCUT2D eigenvalue weighted by Crippen LogP contribution is -2.48. The molecule has 4 N–H and O–H groups in total. The smallest absolute Gasteiger partial charge is 0.252 e. The first-order valence-corrected chi connectivity index (χ1v) is 15.5. The van der Waals surface area contributed by atoms with Crippen LogP contribution in [0, 0.1) is 11.6 Å². The van der Waals surface area contributed by atoms with E-state index < -0.39 is 45.1 Å². The molecule has 2 fully saturated rings. The van der Waals surface area contributed by atoms with Crippen molar-refractivity contribution >= 4 is 17.5 Å². The second kappa shape index (κ2) is 12.3. The Hall–Kier alpha value is -3.24. The Morgan fingerprint density at radius 1 is 1.11 bits per heavy atom. The number of carbonyl (C=O) groups excluding carboxylic acids is 1. The highest BCUT2D eigenvalue weighted by Gasteiger charge is 2.44. The third-order valence-electron chi connectivity index (χ3n) is 9.17. The number of benzene rings is 3. The van der Waals surface area contributed by atoms with E-state index in [-0.39, 0.29) is 29.9 Å². The minimum Gasteiger partial charge on any atom is -0.486 e. The number of nitrogens with two attached hydrogens (primary N) is 1. The van der Waals surface area contributed by atoms with Crippen LogP contribution in [0.25, 0.3) is 11.1 Å². The Kier molecular flexibility index (Phi) is 8.58. The number of amides is 1. The van der Waals surface area contributed by atoms with E-state index in [4.69, 9.17) is 31.5 Å². The summed E-state index contributed by atoms with van der Waals surface area (Å²) in [4.78, 5) is 12.6. The molecule has 3 aromatic carbocycles. The van der Waals surface area contributed by atoms with Crippen LogP contribution in [0.3, 0.4) is 0 Å². The fraction of sp³-hybridized carbons (Fsp3) is 0.441. The van der Waals surface area contributed by atoms with Crippen LogP contribution in [0.15, 0.2) is 48.5 Å². The molecule has 3 aromatic rings. The lowest BCUT2D eigenvalue weighted by molar-refractivity contribution is 0.0104. The third kappa shape index (κ3) is 5.90. The first-order valence-electron chi connectivity index (χ1n) is 15.2. The lowest BCUT2D eigenvalue weighted by atomic mass is 9.82. The molecule has 0 aromatic heterocycles. The van der Waals surface area contributed by atoms with E-state index in [2.05, 4.69) is 5.32 Å². The van der Waals surface area contributed by atoms with Crippen molar-refractivity contribution in [1.82, 2.24) is 5.32 Å². The Morgan fingerprint density at radius 3 is 2.55 bits per heavy atom. The Morgan fingerprint density at radius 2 is 1.86 bits per heavy atom. The zero-order chi connectivity index (χ0) is 31.1. The van der Waals surface area contributed by atoms with E-state index in [0.29, 0.717) is 43.7 Å². The number of hydrogen-bond acceptors (Lipinski definition) is 6. The second-order valence-electron chi connectivity index (χ2n) is 12.4. The third-order valence-corrected chi connectivity index (χ3v) is 9.51. The van der Waals surface area contributed by atoms with Crippen LogP contribution in [0.2, 0.25) is 5.02 Å². The van der Waals surface area contributed by atoms with E-state index in [0.717, 1.165) is 31.2 Å². The zero-order valence-electron chi connectivity index (χ0n) is 24.6. The minimum absolute atomic E-state index is 0.0131. The van der Waals surface area contributed by atoms with Gasteiger partial charge in [-0.2, -0.15) is 0 Å². The van der Waals surface area contributed by atoms with Crippen molar-refractivity contribution in [3.05, 3.63) is 81.9 Å². The number of fused-ring (bicyclic) bond motifs is 1. The van der Waals surface area contributed by atoms with Gasteiger partial charge in [0.25, 0.3) is 5.91 Å². The van der Waals surface area contributed by atoms with Gasteiger partial charge < -0.3 is 30.4 Å². The van der Waals surface area contributed by atoms with Crippen molar-refractivity contribution < 1.29 is 32.9 Å². The predicted molar refractivity (Wildman–Crippen MR) is 163 cm³/mol. The molecule has 0 radical (unpaired) electrons. The molecule has 1 unspecified atom stereocenters. The summed E-state index contributed by atoms with van der Waals surface area (Å²) in [5.41, 5.74) is 4.94. The fourth-order valence-corrected chi connectivity index (χ4v) is 6.90. The lowest BCUT2D eigenvalue weighted by Gasteiger charge is -2.36. The number of rotatable bonds is 9. The van der Waals surface area contributed by atoms with E-state index in [1.54, 1.807) is 18.2 Å². The SMILES string of the molecule is CC1(O)CCC(NCC2(c3ccccc3)Cc3c(cccc3-c3c(F)c(OC[C@@H]4CCCO4)c(Cl)c(F)c3C(N)=O)O2)CC1. The summed E-state index contributed by atoms with van der Waals surface area (Å²) >= 11 is 6.23. The number of nitrogens with one attached hydrogen (secondary N) is 1. The molecule has 10 heteroatoms. The van der Waals surface area contributed by atoms with Gasteiger partial charge in [-0.05, 0) is 62.6 Å². The second-order valence-corrected chi connectivity index (χ2v) is 12.8. The summed E-state index contributed by atoms with van der Waals surface area (Å²) in [6, 6.07) is 15.0. The summed E-state index contributed by atoms with van der Waals surface area (Å²) < 4.78 is 50.1. The average Bonchev–Trinajstić information content (AvgIpc) is 3.67. The highest BCUT2D eigenvalue weighted by atomic mass is 35.5. The van der Waals surface area contributed by atoms with Crippen LogP contribution in [-0.2, 0) is 16.8 Å². The molecule has 2 heterocycles. The average molecular weight is 627 g/mol. The molecule has 3 aliphatic rings. The molecular weight excluding hydrogens is 590 g/mol. The van der Waals surface area contributed by atoms with Gasteiger partial charge in [0.1, 0.15) is 17.4 Å². The maximum atomic E-state index is 16.4. The fourth-order valence-electron chi connectivity index (χ4n) is 6.67. The van der Waals surface area contributed by atoms with Gasteiger partial charge in [-0.1, -0.05) is 54.1 Å². The molecule has 6 rings (SSSR count). The van der Waals surface area contributed by atoms with Gasteiger partial charge in [0.05, 0.1) is 17.3 Å². The summed E-state index contributed by atoms with van der Waals surface area (Å²) in [7, 11) is 0. The maximum Gasteiger partial charge on any atom is 0.252 e. The number of halogens is 3. The first-order chi connectivity index (χ1) is 21.1. The van der Waals surface area contributed by atoms with Crippen molar-refractivity contribution in [3.8, 4) is 22.6 Å². The van der Waals surface area contributed by atoms with E-state index in [9.17, 15) is 9.90 Å². The molecule has 234 valence electrons. The summed E-state index contributed by atoms with van der Waals surface area (Å²) in [6.07, 6.45) is 4.66. The maximum absolute atomic E-state index is 16.4. The van der Waals surface area contributed by atoms with Crippen LogP contribution in [0.4, 0.5) is 8.78 Å². The molecule has 44 heavy (non-hydrogen) atoms. The number of aliphatic hydroxyl groups is 1. The van der Waals surface area contributed by atoms with Gasteiger partial charge in [-0.15, -0.1) is 0 Å². The normalized spacial score (nSPS) is 26.3. The monoisotopic (exact) mass is 626 g/mol. The number of primary amides is 1. The summed E-state index contributed by atoms with van der Waals surface area (Å²) in [5.74, 6) is -3.25. The van der Waals surface area contributed by atoms with Crippen molar-refractivity contribution in [1.29, 1.82) is 0 Å². The molecule has 2 aliphatic heterocycles. The van der Waals surface area contributed by atoms with E-state index in [1.807, 2.05) is 37.3 Å². The largest absolute Gasteiger partial charge is 0.486 e. The van der Waals surface area contributed by atoms with Crippen molar-refractivity contribution in [2.75, 3.05) is 19.8 Å². The van der Waals surface area contributed by atoms with Crippen LogP contribution >= 0.6 is 11.6 Å². The van der Waals surface area contributed by atoms with Crippen molar-refractivity contribution in [2.45, 2.75) is 75.2 Å². The van der Waals surface area contributed by atoms with Crippen LogP contribution in [-0.4, -0.2) is 48.5 Å². The van der Waals surface area contributed by atoms with Crippen LogP contribution in [0.5, 0.6) is 11.5 Å². The Balaban J connectivity index is 1.39. The van der Waals surface area contributed by atoms with Gasteiger partial charge in [-0.25, -0.2) is 8.78 Å². The molecule has 1 saturated heterocycles. The highest BCUT2D eigenvalue weighted by Crippen LogP contribution is 2.49. The summed E-state index contributed by atoms with van der Waals surface area (Å²) in [5, 5.41) is 13.4. The molecule has 1 aliphatic carbocycles. The topological polar surface area (TPSA) is 103 Å². The van der Waals surface area contributed by atoms with E-state index >= 15 is 8.78 Å².